The zero-order valence-corrected chi connectivity index (χ0v) is 15.2. The molecule has 2 heteroatoms. The summed E-state index contributed by atoms with van der Waals surface area (Å²) in [7, 11) is 0. The number of hydrogen-bond acceptors (Lipinski definition) is 1. The van der Waals surface area contributed by atoms with Gasteiger partial charge >= 0.3 is 0 Å². The van der Waals surface area contributed by atoms with Crippen LogP contribution in [0, 0.1) is 10.5 Å². The molecule has 1 heterocycles. The quantitative estimate of drug-likeness (QED) is 0.446. The van der Waals surface area contributed by atoms with E-state index in [1.165, 1.54) is 57.9 Å². The van der Waals surface area contributed by atoms with Crippen LogP contribution in [0.5, 0.6) is 0 Å². The zero-order valence-electron chi connectivity index (χ0n) is 13.0. The minimum absolute atomic E-state index is 1.15. The van der Waals surface area contributed by atoms with E-state index in [0.717, 1.165) is 6.42 Å². The lowest BCUT2D eigenvalue weighted by atomic mass is 9.96. The Kier molecular flexibility index (Phi) is 6.68. The third-order valence-electron chi connectivity index (χ3n) is 3.96. The maximum atomic E-state index is 4.35. The molecule has 112 valence electrons. The van der Waals surface area contributed by atoms with Gasteiger partial charge in [-0.05, 0) is 89.9 Å². The first-order chi connectivity index (χ1) is 10.2. The van der Waals surface area contributed by atoms with Crippen molar-refractivity contribution in [3.8, 4) is 0 Å². The van der Waals surface area contributed by atoms with Crippen molar-refractivity contribution in [3.05, 3.63) is 62.5 Å². The molecular formula is C19H24IN. The summed E-state index contributed by atoms with van der Waals surface area (Å²) in [6.07, 6.45) is 11.3. The molecule has 1 nitrogen and oxygen atoms in total. The molecule has 0 spiro atoms. The second-order valence-corrected chi connectivity index (χ2v) is 6.80. The number of pyridine rings is 1. The summed E-state index contributed by atoms with van der Waals surface area (Å²) in [5.41, 5.74) is 5.83. The van der Waals surface area contributed by atoms with Crippen LogP contribution in [0.25, 0.3) is 0 Å². The maximum Gasteiger partial charge on any atom is 0.0302 e. The second-order valence-electron chi connectivity index (χ2n) is 5.64. The van der Waals surface area contributed by atoms with E-state index in [9.17, 15) is 0 Å². The van der Waals surface area contributed by atoms with Crippen LogP contribution in [0.15, 0.2) is 36.7 Å². The molecule has 0 aliphatic carbocycles. The van der Waals surface area contributed by atoms with Crippen molar-refractivity contribution >= 4 is 22.6 Å². The third-order valence-corrected chi connectivity index (χ3v) is 5.01. The molecule has 0 amide bonds. The molecular weight excluding hydrogens is 369 g/mol. The summed E-state index contributed by atoms with van der Waals surface area (Å²) in [5, 5.41) is 0. The first kappa shape index (κ1) is 16.5. The summed E-state index contributed by atoms with van der Waals surface area (Å²) in [6, 6.07) is 8.71. The van der Waals surface area contributed by atoms with E-state index in [1.54, 1.807) is 0 Å². The Labute approximate surface area is 142 Å². The van der Waals surface area contributed by atoms with Crippen LogP contribution in [0.1, 0.15) is 48.4 Å². The molecule has 0 aliphatic rings. The Bertz CT molecular complexity index is 578. The molecule has 0 atom stereocenters. The van der Waals surface area contributed by atoms with Gasteiger partial charge in [0.25, 0.3) is 0 Å². The molecule has 0 saturated carbocycles. The highest BCUT2D eigenvalue weighted by molar-refractivity contribution is 14.1. The number of halogens is 1. The predicted octanol–water partition coefficient (Wildman–Crippen LogP) is 5.51. The lowest BCUT2D eigenvalue weighted by Gasteiger charge is -2.11. The third kappa shape index (κ3) is 4.80. The summed E-state index contributed by atoms with van der Waals surface area (Å²) in [5.74, 6) is 0. The van der Waals surface area contributed by atoms with Crippen LogP contribution >= 0.6 is 22.6 Å². The minimum Gasteiger partial charge on any atom is -0.264 e. The van der Waals surface area contributed by atoms with Crippen molar-refractivity contribution in [1.82, 2.24) is 4.98 Å². The van der Waals surface area contributed by atoms with E-state index in [2.05, 4.69) is 71.9 Å². The van der Waals surface area contributed by atoms with Crippen LogP contribution in [0.2, 0.25) is 0 Å². The fraction of sp³-hybridized carbons (Fsp3) is 0.421. The Morgan fingerprint density at radius 1 is 0.952 bits per heavy atom. The van der Waals surface area contributed by atoms with E-state index in [4.69, 9.17) is 0 Å². The highest BCUT2D eigenvalue weighted by Crippen LogP contribution is 2.19. The lowest BCUT2D eigenvalue weighted by Crippen LogP contribution is -2.00. The minimum atomic E-state index is 1.15. The number of aromatic nitrogens is 1. The molecule has 1 aromatic carbocycles. The highest BCUT2D eigenvalue weighted by atomic mass is 127. The molecule has 0 unspecified atom stereocenters. The Hall–Kier alpha value is -0.900. The van der Waals surface area contributed by atoms with Crippen molar-refractivity contribution in [2.75, 3.05) is 0 Å². The van der Waals surface area contributed by atoms with Gasteiger partial charge in [0.15, 0.2) is 0 Å². The zero-order chi connectivity index (χ0) is 15.1. The van der Waals surface area contributed by atoms with Gasteiger partial charge in [-0.3, -0.25) is 4.98 Å². The van der Waals surface area contributed by atoms with Crippen molar-refractivity contribution in [3.63, 3.8) is 0 Å². The summed E-state index contributed by atoms with van der Waals surface area (Å²) < 4.78 is 1.39. The molecule has 0 N–H and O–H groups in total. The topological polar surface area (TPSA) is 12.9 Å². The molecule has 1 aromatic heterocycles. The Morgan fingerprint density at radius 2 is 1.71 bits per heavy atom. The van der Waals surface area contributed by atoms with Gasteiger partial charge in [0.2, 0.25) is 0 Å². The Morgan fingerprint density at radius 3 is 2.48 bits per heavy atom. The highest BCUT2D eigenvalue weighted by Gasteiger charge is 2.06. The molecule has 0 fully saturated rings. The molecule has 0 saturated heterocycles. The van der Waals surface area contributed by atoms with Gasteiger partial charge in [-0.15, -0.1) is 0 Å². The van der Waals surface area contributed by atoms with Crippen molar-refractivity contribution in [2.24, 2.45) is 0 Å². The van der Waals surface area contributed by atoms with E-state index >= 15 is 0 Å². The maximum absolute atomic E-state index is 4.35. The van der Waals surface area contributed by atoms with Crippen LogP contribution in [0.3, 0.4) is 0 Å². The van der Waals surface area contributed by atoms with E-state index < -0.39 is 0 Å². The van der Waals surface area contributed by atoms with Crippen LogP contribution < -0.4 is 0 Å². The first-order valence-corrected chi connectivity index (χ1v) is 8.96. The van der Waals surface area contributed by atoms with Gasteiger partial charge in [-0.25, -0.2) is 0 Å². The number of rotatable bonds is 7. The molecule has 2 rings (SSSR count). The molecule has 0 radical (unpaired) electrons. The monoisotopic (exact) mass is 393 g/mol. The van der Waals surface area contributed by atoms with E-state index in [0.29, 0.717) is 0 Å². The van der Waals surface area contributed by atoms with Crippen molar-refractivity contribution in [1.29, 1.82) is 0 Å². The van der Waals surface area contributed by atoms with Gasteiger partial charge in [-0.2, -0.15) is 0 Å². The second kappa shape index (κ2) is 8.52. The standard InChI is InChI=1S/C19H24IN/c1-3-8-17-14-21-13-15(2)18(17)11-6-4-9-16-10-5-7-12-19(16)20/h5,7,10,12-14H,3-4,6,8-9,11H2,1-2H3. The van der Waals surface area contributed by atoms with E-state index in [1.807, 2.05) is 6.20 Å². The average molecular weight is 393 g/mol. The van der Waals surface area contributed by atoms with Gasteiger partial charge in [0, 0.05) is 16.0 Å². The van der Waals surface area contributed by atoms with Crippen molar-refractivity contribution < 1.29 is 0 Å². The van der Waals surface area contributed by atoms with E-state index in [-0.39, 0.29) is 0 Å². The molecule has 0 aliphatic heterocycles. The smallest absolute Gasteiger partial charge is 0.0302 e. The number of benzene rings is 1. The van der Waals surface area contributed by atoms with Gasteiger partial charge < -0.3 is 0 Å². The fourth-order valence-corrected chi connectivity index (χ4v) is 3.47. The lowest BCUT2D eigenvalue weighted by molar-refractivity contribution is 0.721. The molecule has 2 aromatic rings. The van der Waals surface area contributed by atoms with Crippen LogP contribution in [-0.2, 0) is 19.3 Å². The summed E-state index contributed by atoms with van der Waals surface area (Å²) >= 11 is 2.44. The number of unbranched alkanes of at least 4 members (excludes halogenated alkanes) is 1. The van der Waals surface area contributed by atoms with Gasteiger partial charge in [0.05, 0.1) is 0 Å². The SMILES string of the molecule is CCCc1cncc(C)c1CCCCc1ccccc1I. The first-order valence-electron chi connectivity index (χ1n) is 7.88. The van der Waals surface area contributed by atoms with Gasteiger partial charge in [0.1, 0.15) is 0 Å². The summed E-state index contributed by atoms with van der Waals surface area (Å²) in [4.78, 5) is 4.35. The largest absolute Gasteiger partial charge is 0.264 e. The summed E-state index contributed by atoms with van der Waals surface area (Å²) in [6.45, 7) is 4.44. The number of nitrogens with zero attached hydrogens (tertiary/aromatic N) is 1. The predicted molar refractivity (Wildman–Crippen MR) is 98.8 cm³/mol. The fourth-order valence-electron chi connectivity index (χ4n) is 2.81. The van der Waals surface area contributed by atoms with Crippen LogP contribution in [-0.4, -0.2) is 4.98 Å². The van der Waals surface area contributed by atoms with Crippen molar-refractivity contribution in [2.45, 2.75) is 52.4 Å². The number of hydrogen-bond donors (Lipinski definition) is 0. The van der Waals surface area contributed by atoms with Gasteiger partial charge in [-0.1, -0.05) is 31.5 Å². The molecule has 21 heavy (non-hydrogen) atoms. The Balaban J connectivity index is 1.90. The average Bonchev–Trinajstić information content (AvgIpc) is 2.48. The molecule has 0 bridgehead atoms. The number of aryl methyl sites for hydroxylation is 3. The normalized spacial score (nSPS) is 10.8. The van der Waals surface area contributed by atoms with Crippen LogP contribution in [0.4, 0.5) is 0 Å².